The molecule has 2 aromatic rings. The number of carbonyl (C=O) groups excluding carboxylic acids is 1. The number of nitrogens with two attached hydrogens (primary N) is 1. The van der Waals surface area contributed by atoms with E-state index < -0.39 is 26.1 Å². The van der Waals surface area contributed by atoms with Crippen LogP contribution in [0.1, 0.15) is 6.92 Å². The molecule has 0 fully saturated rings. The van der Waals surface area contributed by atoms with Crippen LogP contribution in [-0.4, -0.2) is 24.5 Å². The van der Waals surface area contributed by atoms with E-state index in [1.54, 1.807) is 6.07 Å². The van der Waals surface area contributed by atoms with Gasteiger partial charge in [-0.1, -0.05) is 23.5 Å². The molecular formula is C10H10FN5O3S2. The van der Waals surface area contributed by atoms with E-state index in [0.29, 0.717) is 11.3 Å². The number of carbonyl (C=O) groups is 1. The van der Waals surface area contributed by atoms with E-state index in [1.165, 1.54) is 25.1 Å². The lowest BCUT2D eigenvalue weighted by molar-refractivity contribution is -0.116. The first-order chi connectivity index (χ1) is 9.79. The van der Waals surface area contributed by atoms with Crippen LogP contribution in [0.15, 0.2) is 28.6 Å². The van der Waals surface area contributed by atoms with E-state index in [9.17, 15) is 17.6 Å². The number of primary sulfonamides is 1. The van der Waals surface area contributed by atoms with E-state index in [-0.39, 0.29) is 10.8 Å². The van der Waals surface area contributed by atoms with E-state index in [0.717, 1.165) is 5.01 Å². The fraction of sp³-hybridized carbons (Fsp3) is 0.100. The van der Waals surface area contributed by atoms with Crippen molar-refractivity contribution in [2.45, 2.75) is 11.3 Å². The average Bonchev–Trinajstić information content (AvgIpc) is 2.85. The monoisotopic (exact) mass is 331 g/mol. The molecule has 0 spiro atoms. The second-order valence-electron chi connectivity index (χ2n) is 3.84. The highest BCUT2D eigenvalue weighted by atomic mass is 32.2. The Morgan fingerprint density at radius 3 is 2.57 bits per heavy atom. The smallest absolute Gasteiger partial charge is 0.267 e. The predicted octanol–water partition coefficient (Wildman–Crippen LogP) is 0.705. The maximum absolute atomic E-state index is 13.7. The molecule has 2 rings (SSSR count). The lowest BCUT2D eigenvalue weighted by Gasteiger charge is -2.21. The van der Waals surface area contributed by atoms with Crippen LogP contribution in [0.2, 0.25) is 0 Å². The summed E-state index contributed by atoms with van der Waals surface area (Å²) >= 11 is 0.623. The van der Waals surface area contributed by atoms with Crippen LogP contribution in [0.4, 0.5) is 15.2 Å². The first kappa shape index (κ1) is 15.3. The number of rotatable bonds is 4. The van der Waals surface area contributed by atoms with Crippen LogP contribution in [0.25, 0.3) is 0 Å². The number of para-hydroxylation sites is 1. The Morgan fingerprint density at radius 2 is 2.05 bits per heavy atom. The second-order valence-corrected chi connectivity index (χ2v) is 6.55. The zero-order valence-electron chi connectivity index (χ0n) is 10.6. The Balaban J connectivity index is 2.32. The normalized spacial score (nSPS) is 11.2. The van der Waals surface area contributed by atoms with E-state index >= 15 is 0 Å². The number of nitrogens with zero attached hydrogens (tertiary/aromatic N) is 3. The molecule has 0 aliphatic heterocycles. The summed E-state index contributed by atoms with van der Waals surface area (Å²) in [5, 5.41) is 12.7. The van der Waals surface area contributed by atoms with Crippen LogP contribution in [0.3, 0.4) is 0 Å². The van der Waals surface area contributed by atoms with Crippen molar-refractivity contribution in [3.8, 4) is 0 Å². The maximum Gasteiger partial charge on any atom is 0.267 e. The van der Waals surface area contributed by atoms with Crippen LogP contribution in [-0.2, 0) is 14.8 Å². The van der Waals surface area contributed by atoms with Gasteiger partial charge in [0.15, 0.2) is 0 Å². The van der Waals surface area contributed by atoms with Gasteiger partial charge in [0.05, 0.1) is 0 Å². The molecule has 0 saturated heterocycles. The highest BCUT2D eigenvalue weighted by Gasteiger charge is 2.20. The topological polar surface area (TPSA) is 118 Å². The Bertz CT molecular complexity index is 777. The molecule has 112 valence electrons. The molecule has 0 aliphatic carbocycles. The molecule has 3 N–H and O–H groups in total. The first-order valence-corrected chi connectivity index (χ1v) is 7.83. The largest absolute Gasteiger partial charge is 0.273 e. The van der Waals surface area contributed by atoms with Gasteiger partial charge >= 0.3 is 0 Å². The van der Waals surface area contributed by atoms with Crippen molar-refractivity contribution in [2.75, 3.05) is 10.4 Å². The lowest BCUT2D eigenvalue weighted by Crippen LogP contribution is -2.35. The van der Waals surface area contributed by atoms with Crippen LogP contribution >= 0.6 is 11.3 Å². The molecule has 1 aromatic carbocycles. The third kappa shape index (κ3) is 3.51. The Labute approximate surface area is 123 Å². The summed E-state index contributed by atoms with van der Waals surface area (Å²) in [7, 11) is -3.98. The Hall–Kier alpha value is -2.11. The Morgan fingerprint density at radius 1 is 1.38 bits per heavy atom. The molecular weight excluding hydrogens is 321 g/mol. The van der Waals surface area contributed by atoms with Gasteiger partial charge in [0.2, 0.25) is 15.4 Å². The van der Waals surface area contributed by atoms with Crippen LogP contribution in [0, 0.1) is 5.82 Å². The number of anilines is 2. The van der Waals surface area contributed by atoms with Crippen molar-refractivity contribution >= 4 is 38.1 Å². The minimum absolute atomic E-state index is 0.0162. The highest BCUT2D eigenvalue weighted by molar-refractivity contribution is 7.91. The lowest BCUT2D eigenvalue weighted by atomic mass is 10.3. The summed E-state index contributed by atoms with van der Waals surface area (Å²) in [6.45, 7) is 1.21. The van der Waals surface area contributed by atoms with Gasteiger partial charge in [-0.15, -0.1) is 10.2 Å². The molecule has 11 heteroatoms. The van der Waals surface area contributed by atoms with Gasteiger partial charge in [-0.2, -0.15) is 0 Å². The fourth-order valence-electron chi connectivity index (χ4n) is 1.41. The van der Waals surface area contributed by atoms with Gasteiger partial charge in [-0.25, -0.2) is 23.0 Å². The van der Waals surface area contributed by atoms with Gasteiger partial charge in [0.1, 0.15) is 11.5 Å². The third-order valence-electron chi connectivity index (χ3n) is 2.27. The zero-order valence-corrected chi connectivity index (χ0v) is 12.3. The molecule has 0 radical (unpaired) electrons. The van der Waals surface area contributed by atoms with Crippen molar-refractivity contribution in [3.63, 3.8) is 0 Å². The number of hydrogen-bond acceptors (Lipinski definition) is 7. The molecule has 0 atom stereocenters. The summed E-state index contributed by atoms with van der Waals surface area (Å²) in [6.07, 6.45) is 0. The summed E-state index contributed by atoms with van der Waals surface area (Å²) in [5.74, 6) is -1.15. The van der Waals surface area contributed by atoms with Crippen molar-refractivity contribution in [2.24, 2.45) is 5.14 Å². The van der Waals surface area contributed by atoms with E-state index in [1.807, 2.05) is 0 Å². The second kappa shape index (κ2) is 5.71. The number of sulfonamides is 1. The Kier molecular flexibility index (Phi) is 4.16. The number of hydrogen-bond donors (Lipinski definition) is 2. The number of benzene rings is 1. The summed E-state index contributed by atoms with van der Waals surface area (Å²) in [6, 6.07) is 5.58. The molecule has 0 unspecified atom stereocenters. The minimum Gasteiger partial charge on any atom is -0.273 e. The molecule has 8 nitrogen and oxygen atoms in total. The number of hydrazine groups is 1. The van der Waals surface area contributed by atoms with Crippen molar-refractivity contribution < 1.29 is 17.6 Å². The summed E-state index contributed by atoms with van der Waals surface area (Å²) in [5.41, 5.74) is 2.47. The molecule has 1 amide bonds. The number of nitrogens with one attached hydrogen (secondary N) is 1. The zero-order chi connectivity index (χ0) is 15.6. The molecule has 0 aliphatic rings. The van der Waals surface area contributed by atoms with Gasteiger partial charge in [-0.3, -0.25) is 10.2 Å². The summed E-state index contributed by atoms with van der Waals surface area (Å²) < 4.78 is 35.5. The van der Waals surface area contributed by atoms with E-state index in [4.69, 9.17) is 5.14 Å². The molecule has 21 heavy (non-hydrogen) atoms. The molecule has 0 saturated carbocycles. The van der Waals surface area contributed by atoms with Crippen molar-refractivity contribution in [1.82, 2.24) is 10.2 Å². The predicted molar refractivity (Wildman–Crippen MR) is 74.5 cm³/mol. The number of aromatic nitrogens is 2. The first-order valence-electron chi connectivity index (χ1n) is 5.47. The van der Waals surface area contributed by atoms with Gasteiger partial charge in [-0.05, 0) is 12.1 Å². The van der Waals surface area contributed by atoms with Crippen molar-refractivity contribution in [3.05, 3.63) is 30.1 Å². The average molecular weight is 331 g/mol. The molecule has 0 bridgehead atoms. The van der Waals surface area contributed by atoms with Crippen LogP contribution in [0.5, 0.6) is 0 Å². The van der Waals surface area contributed by atoms with Gasteiger partial charge in [0, 0.05) is 6.92 Å². The number of halogens is 1. The third-order valence-corrected chi connectivity index (χ3v) is 4.40. The summed E-state index contributed by atoms with van der Waals surface area (Å²) in [4.78, 5) is 11.6. The molecule has 1 aromatic heterocycles. The highest BCUT2D eigenvalue weighted by Crippen LogP contribution is 2.23. The minimum atomic E-state index is -3.98. The standard InChI is InChI=1S/C10H10FN5O3S2/c1-6(17)16(8-5-3-2-4-7(8)11)15-9-13-14-10(20-9)21(12,18)19/h2-5H,1H3,(H,13,15)(H2,12,18,19). The van der Waals surface area contributed by atoms with Crippen molar-refractivity contribution in [1.29, 1.82) is 0 Å². The molecule has 1 heterocycles. The maximum atomic E-state index is 13.7. The quantitative estimate of drug-likeness (QED) is 0.796. The number of amides is 1. The fourth-order valence-corrected chi connectivity index (χ4v) is 2.73. The van der Waals surface area contributed by atoms with E-state index in [2.05, 4.69) is 15.6 Å². The SMILES string of the molecule is CC(=O)N(Nc1nnc(S(N)(=O)=O)s1)c1ccccc1F. The van der Waals surface area contributed by atoms with Crippen LogP contribution < -0.4 is 15.6 Å². The van der Waals surface area contributed by atoms with Gasteiger partial charge < -0.3 is 0 Å². The van der Waals surface area contributed by atoms with Gasteiger partial charge in [0.25, 0.3) is 10.0 Å².